The Morgan fingerprint density at radius 2 is 1.67 bits per heavy atom. The van der Waals surface area contributed by atoms with Gasteiger partial charge in [0.25, 0.3) is 0 Å². The van der Waals surface area contributed by atoms with Gasteiger partial charge in [-0.2, -0.15) is 0 Å². The molecule has 1 aliphatic heterocycles. The topological polar surface area (TPSA) is 37.4 Å². The molecule has 2 aromatic rings. The number of hydrogen-bond acceptors (Lipinski definition) is 4. The van der Waals surface area contributed by atoms with Gasteiger partial charge in [-0.05, 0) is 36.2 Å². The van der Waals surface area contributed by atoms with Crippen molar-refractivity contribution in [3.05, 3.63) is 66.0 Å². The van der Waals surface area contributed by atoms with Crippen LogP contribution >= 0.6 is 0 Å². The van der Waals surface area contributed by atoms with Gasteiger partial charge >= 0.3 is 0 Å². The highest BCUT2D eigenvalue weighted by Crippen LogP contribution is 2.26. The minimum Gasteiger partial charge on any atom is -0.379 e. The highest BCUT2D eigenvalue weighted by atomic mass is 16.5. The van der Waals surface area contributed by atoms with Crippen LogP contribution in [0.15, 0.2) is 54.9 Å². The molecule has 1 fully saturated rings. The highest BCUT2D eigenvalue weighted by molar-refractivity contribution is 5.31. The first kappa shape index (κ1) is 17.1. The zero-order valence-corrected chi connectivity index (χ0v) is 14.2. The summed E-state index contributed by atoms with van der Waals surface area (Å²) in [4.78, 5) is 6.62. The van der Waals surface area contributed by atoms with E-state index in [1.165, 1.54) is 11.1 Å². The lowest BCUT2D eigenvalue weighted by Crippen LogP contribution is -2.40. The van der Waals surface area contributed by atoms with E-state index in [1.54, 1.807) is 0 Å². The number of ether oxygens (including phenoxy) is 1. The van der Waals surface area contributed by atoms with Gasteiger partial charge in [0.15, 0.2) is 0 Å². The maximum atomic E-state index is 5.39. The van der Waals surface area contributed by atoms with Crippen molar-refractivity contribution < 1.29 is 4.74 Å². The molecule has 2 heterocycles. The van der Waals surface area contributed by atoms with Gasteiger partial charge in [0.2, 0.25) is 0 Å². The summed E-state index contributed by atoms with van der Waals surface area (Å²) in [5.74, 6) is 0.421. The van der Waals surface area contributed by atoms with Gasteiger partial charge in [0.05, 0.1) is 13.2 Å². The van der Waals surface area contributed by atoms with Gasteiger partial charge in [0, 0.05) is 44.5 Å². The van der Waals surface area contributed by atoms with Crippen molar-refractivity contribution in [1.82, 2.24) is 15.2 Å². The average Bonchev–Trinajstić information content (AvgIpc) is 2.67. The van der Waals surface area contributed by atoms with Crippen LogP contribution < -0.4 is 5.32 Å². The van der Waals surface area contributed by atoms with Crippen molar-refractivity contribution in [3.8, 4) is 0 Å². The number of morpholine rings is 1. The van der Waals surface area contributed by atoms with E-state index in [0.717, 1.165) is 52.4 Å². The molecule has 1 atom stereocenters. The van der Waals surface area contributed by atoms with Crippen molar-refractivity contribution >= 4 is 0 Å². The van der Waals surface area contributed by atoms with Crippen molar-refractivity contribution in [2.45, 2.75) is 12.3 Å². The summed E-state index contributed by atoms with van der Waals surface area (Å²) < 4.78 is 5.39. The molecule has 0 amide bonds. The molecule has 3 rings (SSSR count). The van der Waals surface area contributed by atoms with E-state index in [1.807, 2.05) is 12.4 Å². The van der Waals surface area contributed by atoms with E-state index < -0.39 is 0 Å². The van der Waals surface area contributed by atoms with Crippen molar-refractivity contribution in [1.29, 1.82) is 0 Å². The standard InChI is InChI=1S/C20H27N3O/c1-2-4-18(5-3-1)20(19-6-9-21-10-7-19)8-11-22-12-13-23-14-16-24-17-15-23/h1-7,9-10,20,22H,8,11-17H2. The molecule has 0 bridgehead atoms. The maximum Gasteiger partial charge on any atom is 0.0594 e. The Balaban J connectivity index is 1.49. The molecule has 1 saturated heterocycles. The lowest BCUT2D eigenvalue weighted by molar-refractivity contribution is 0.0384. The quantitative estimate of drug-likeness (QED) is 0.757. The zero-order valence-electron chi connectivity index (χ0n) is 14.2. The van der Waals surface area contributed by atoms with Crippen LogP contribution in [-0.4, -0.2) is 55.8 Å². The van der Waals surface area contributed by atoms with Crippen molar-refractivity contribution in [3.63, 3.8) is 0 Å². The van der Waals surface area contributed by atoms with E-state index in [4.69, 9.17) is 4.74 Å². The summed E-state index contributed by atoms with van der Waals surface area (Å²) in [7, 11) is 0. The van der Waals surface area contributed by atoms with Gasteiger partial charge in [0.1, 0.15) is 0 Å². The largest absolute Gasteiger partial charge is 0.379 e. The number of aromatic nitrogens is 1. The summed E-state index contributed by atoms with van der Waals surface area (Å²) in [5.41, 5.74) is 2.71. The van der Waals surface area contributed by atoms with Crippen LogP contribution in [0.25, 0.3) is 0 Å². The fraction of sp³-hybridized carbons (Fsp3) is 0.450. The number of rotatable bonds is 8. The van der Waals surface area contributed by atoms with Crippen molar-refractivity contribution in [2.24, 2.45) is 0 Å². The van der Waals surface area contributed by atoms with Crippen molar-refractivity contribution in [2.75, 3.05) is 45.9 Å². The monoisotopic (exact) mass is 325 g/mol. The van der Waals surface area contributed by atoms with E-state index in [0.29, 0.717) is 5.92 Å². The number of benzene rings is 1. The Morgan fingerprint density at radius 3 is 2.42 bits per heavy atom. The highest BCUT2D eigenvalue weighted by Gasteiger charge is 2.14. The van der Waals surface area contributed by atoms with Gasteiger partial charge in [-0.1, -0.05) is 30.3 Å². The third-order valence-corrected chi connectivity index (χ3v) is 4.63. The lowest BCUT2D eigenvalue weighted by atomic mass is 9.89. The minimum absolute atomic E-state index is 0.421. The fourth-order valence-electron chi connectivity index (χ4n) is 3.24. The smallest absolute Gasteiger partial charge is 0.0594 e. The second-order valence-electron chi connectivity index (χ2n) is 6.24. The Hall–Kier alpha value is -1.75. The third-order valence-electron chi connectivity index (χ3n) is 4.63. The zero-order chi connectivity index (χ0) is 16.5. The van der Waals surface area contributed by atoms with Crippen LogP contribution in [0.1, 0.15) is 23.5 Å². The molecular formula is C20H27N3O. The molecule has 0 spiro atoms. The summed E-state index contributed by atoms with van der Waals surface area (Å²) in [5, 5.41) is 3.60. The molecule has 1 aliphatic rings. The summed E-state index contributed by atoms with van der Waals surface area (Å²) in [6.07, 6.45) is 4.87. The van der Waals surface area contributed by atoms with E-state index in [9.17, 15) is 0 Å². The molecule has 1 unspecified atom stereocenters. The first-order valence-electron chi connectivity index (χ1n) is 8.89. The molecule has 4 heteroatoms. The number of pyridine rings is 1. The molecule has 128 valence electrons. The first-order chi connectivity index (χ1) is 11.9. The first-order valence-corrected chi connectivity index (χ1v) is 8.89. The number of nitrogens with one attached hydrogen (secondary N) is 1. The number of hydrogen-bond donors (Lipinski definition) is 1. The molecule has 4 nitrogen and oxygen atoms in total. The van der Waals surface area contributed by atoms with Crippen LogP contribution in [0.5, 0.6) is 0 Å². The van der Waals surface area contributed by atoms with Crippen LogP contribution in [0.4, 0.5) is 0 Å². The predicted octanol–water partition coefficient (Wildman–Crippen LogP) is 2.53. The molecule has 1 aromatic carbocycles. The predicted molar refractivity (Wildman–Crippen MR) is 97.3 cm³/mol. The van der Waals surface area contributed by atoms with Crippen LogP contribution in [0, 0.1) is 0 Å². The van der Waals surface area contributed by atoms with Gasteiger partial charge in [-0.15, -0.1) is 0 Å². The Kier molecular flexibility index (Phi) is 6.78. The maximum absolute atomic E-state index is 5.39. The molecule has 0 saturated carbocycles. The molecular weight excluding hydrogens is 298 g/mol. The van der Waals surface area contributed by atoms with E-state index >= 15 is 0 Å². The average molecular weight is 325 g/mol. The third kappa shape index (κ3) is 5.13. The second-order valence-corrected chi connectivity index (χ2v) is 6.24. The molecule has 1 aromatic heterocycles. The fourth-order valence-corrected chi connectivity index (χ4v) is 3.24. The normalized spacial score (nSPS) is 16.8. The summed E-state index contributed by atoms with van der Waals surface area (Å²) in [6.45, 7) is 7.03. The van der Waals surface area contributed by atoms with Gasteiger partial charge in [-0.25, -0.2) is 0 Å². The molecule has 1 N–H and O–H groups in total. The Morgan fingerprint density at radius 1 is 0.958 bits per heavy atom. The molecule has 24 heavy (non-hydrogen) atoms. The summed E-state index contributed by atoms with van der Waals surface area (Å²) in [6, 6.07) is 15.0. The van der Waals surface area contributed by atoms with Crippen LogP contribution in [0.2, 0.25) is 0 Å². The van der Waals surface area contributed by atoms with Gasteiger partial charge < -0.3 is 10.1 Å². The van der Waals surface area contributed by atoms with Gasteiger partial charge in [-0.3, -0.25) is 9.88 Å². The SMILES string of the molecule is c1ccc(C(CCNCCN2CCOCC2)c2ccncc2)cc1. The molecule has 0 radical (unpaired) electrons. The lowest BCUT2D eigenvalue weighted by Gasteiger charge is -2.26. The van der Waals surface area contributed by atoms with E-state index in [-0.39, 0.29) is 0 Å². The number of nitrogens with zero attached hydrogens (tertiary/aromatic N) is 2. The Bertz CT molecular complexity index is 530. The molecule has 0 aliphatic carbocycles. The van der Waals surface area contributed by atoms with Crippen LogP contribution in [-0.2, 0) is 4.74 Å². The Labute approximate surface area is 144 Å². The minimum atomic E-state index is 0.421. The van der Waals surface area contributed by atoms with Crippen LogP contribution in [0.3, 0.4) is 0 Å². The van der Waals surface area contributed by atoms with E-state index in [2.05, 4.69) is 57.7 Å². The summed E-state index contributed by atoms with van der Waals surface area (Å²) >= 11 is 0. The second kappa shape index (κ2) is 9.52.